The van der Waals surface area contributed by atoms with Crippen LogP contribution in [0.1, 0.15) is 15.4 Å². The Bertz CT molecular complexity index is 1020. The molecule has 0 aliphatic heterocycles. The minimum absolute atomic E-state index is 0.266. The zero-order valence-electron chi connectivity index (χ0n) is 13.3. The van der Waals surface area contributed by atoms with Gasteiger partial charge in [-0.15, -0.1) is 22.7 Å². The monoisotopic (exact) mass is 366 g/mol. The van der Waals surface area contributed by atoms with Crippen LogP contribution >= 0.6 is 22.7 Å². The van der Waals surface area contributed by atoms with Crippen LogP contribution in [0.5, 0.6) is 0 Å². The van der Waals surface area contributed by atoms with Crippen molar-refractivity contribution in [3.05, 3.63) is 70.7 Å². The molecule has 0 atom stereocenters. The molecule has 5 nitrogen and oxygen atoms in total. The molecule has 3 heterocycles. The maximum Gasteiger partial charge on any atom is 0.277 e. The van der Waals surface area contributed by atoms with E-state index in [4.69, 9.17) is 0 Å². The van der Waals surface area contributed by atoms with Gasteiger partial charge in [-0.3, -0.25) is 10.1 Å². The molecule has 0 unspecified atom stereocenters. The summed E-state index contributed by atoms with van der Waals surface area (Å²) in [6.45, 7) is 2.06. The highest BCUT2D eigenvalue weighted by Gasteiger charge is 2.13. The molecule has 4 aromatic rings. The molecule has 0 radical (unpaired) electrons. The van der Waals surface area contributed by atoms with Crippen LogP contribution in [-0.4, -0.2) is 20.7 Å². The van der Waals surface area contributed by atoms with E-state index in [9.17, 15) is 4.79 Å². The molecular formula is C18H14N4OS2. The predicted molar refractivity (Wildman–Crippen MR) is 102 cm³/mol. The number of carbonyl (C=O) groups excluding carboxylic acids is 1. The largest absolute Gasteiger partial charge is 0.296 e. The Kier molecular flexibility index (Phi) is 4.17. The number of thiazole rings is 1. The second-order valence-electron chi connectivity index (χ2n) is 5.38. The summed E-state index contributed by atoms with van der Waals surface area (Å²) in [7, 11) is 0. The molecule has 0 fully saturated rings. The minimum Gasteiger partial charge on any atom is -0.296 e. The fourth-order valence-corrected chi connectivity index (χ4v) is 3.96. The lowest BCUT2D eigenvalue weighted by Crippen LogP contribution is -2.13. The Labute approximate surface area is 152 Å². The van der Waals surface area contributed by atoms with Gasteiger partial charge in [0, 0.05) is 16.5 Å². The Morgan fingerprint density at radius 2 is 1.96 bits per heavy atom. The number of aryl methyl sites for hydroxylation is 1. The van der Waals surface area contributed by atoms with Crippen LogP contribution in [0.15, 0.2) is 60.1 Å². The summed E-state index contributed by atoms with van der Waals surface area (Å²) >= 11 is 3.10. The average molecular weight is 366 g/mol. The third-order valence-corrected chi connectivity index (χ3v) is 5.34. The van der Waals surface area contributed by atoms with Gasteiger partial charge in [-0.25, -0.2) is 9.67 Å². The van der Waals surface area contributed by atoms with Gasteiger partial charge in [0.15, 0.2) is 10.8 Å². The van der Waals surface area contributed by atoms with Crippen molar-refractivity contribution in [2.75, 3.05) is 5.32 Å². The fraction of sp³-hybridized carbons (Fsp3) is 0.0556. The Balaban J connectivity index is 1.49. The number of amides is 1. The van der Waals surface area contributed by atoms with Gasteiger partial charge < -0.3 is 0 Å². The first-order chi connectivity index (χ1) is 12.2. The molecule has 1 N–H and O–H groups in total. The van der Waals surface area contributed by atoms with E-state index in [-0.39, 0.29) is 5.91 Å². The summed E-state index contributed by atoms with van der Waals surface area (Å²) in [6.07, 6.45) is 1.77. The lowest BCUT2D eigenvalue weighted by atomic mass is 10.3. The number of thiophene rings is 1. The normalized spacial score (nSPS) is 10.8. The number of nitrogens with one attached hydrogen (secondary N) is 1. The van der Waals surface area contributed by atoms with Gasteiger partial charge in [-0.1, -0.05) is 18.2 Å². The van der Waals surface area contributed by atoms with Crippen molar-refractivity contribution in [1.29, 1.82) is 0 Å². The van der Waals surface area contributed by atoms with Crippen LogP contribution in [0, 0.1) is 6.92 Å². The SMILES string of the molecule is Cc1ccc(-c2csc(NC(=O)c3ccn(-c4ccccc4)n3)n2)s1. The van der Waals surface area contributed by atoms with Crippen molar-refractivity contribution in [2.24, 2.45) is 0 Å². The van der Waals surface area contributed by atoms with E-state index in [1.54, 1.807) is 28.3 Å². The molecule has 0 aliphatic rings. The quantitative estimate of drug-likeness (QED) is 0.573. The summed E-state index contributed by atoms with van der Waals surface area (Å²) in [6, 6.07) is 15.5. The minimum atomic E-state index is -0.266. The zero-order chi connectivity index (χ0) is 17.2. The number of rotatable bonds is 4. The maximum absolute atomic E-state index is 12.4. The van der Waals surface area contributed by atoms with Gasteiger partial charge in [0.1, 0.15) is 0 Å². The third-order valence-electron chi connectivity index (χ3n) is 3.56. The molecule has 25 heavy (non-hydrogen) atoms. The van der Waals surface area contributed by atoms with Gasteiger partial charge >= 0.3 is 0 Å². The first kappa shape index (κ1) is 15.7. The molecule has 1 amide bonds. The lowest BCUT2D eigenvalue weighted by Gasteiger charge is -2.00. The molecule has 3 aromatic heterocycles. The Morgan fingerprint density at radius 3 is 2.72 bits per heavy atom. The van der Waals surface area contributed by atoms with E-state index < -0.39 is 0 Å². The molecule has 0 saturated heterocycles. The van der Waals surface area contributed by atoms with Crippen molar-refractivity contribution in [3.8, 4) is 16.3 Å². The van der Waals surface area contributed by atoms with Crippen LogP contribution in [0.4, 0.5) is 5.13 Å². The van der Waals surface area contributed by atoms with Crippen LogP contribution < -0.4 is 5.32 Å². The van der Waals surface area contributed by atoms with E-state index in [0.717, 1.165) is 16.3 Å². The van der Waals surface area contributed by atoms with Crippen LogP contribution in [0.25, 0.3) is 16.3 Å². The summed E-state index contributed by atoms with van der Waals surface area (Å²) in [5.74, 6) is -0.266. The van der Waals surface area contributed by atoms with Crippen molar-refractivity contribution in [1.82, 2.24) is 14.8 Å². The topological polar surface area (TPSA) is 59.8 Å². The summed E-state index contributed by atoms with van der Waals surface area (Å²) in [5, 5.41) is 9.66. The van der Waals surface area contributed by atoms with Crippen LogP contribution in [-0.2, 0) is 0 Å². The Hall–Kier alpha value is -2.77. The number of aromatic nitrogens is 3. The van der Waals surface area contributed by atoms with Gasteiger partial charge in [0.2, 0.25) is 0 Å². The average Bonchev–Trinajstić information content (AvgIpc) is 3.35. The maximum atomic E-state index is 12.4. The molecule has 0 saturated carbocycles. The van der Waals surface area contributed by atoms with Gasteiger partial charge in [0.05, 0.1) is 16.3 Å². The van der Waals surface area contributed by atoms with E-state index in [1.807, 2.05) is 41.8 Å². The standard InChI is InChI=1S/C18H14N4OS2/c1-12-7-8-16(25-12)15-11-24-18(19-15)20-17(23)14-9-10-22(21-14)13-5-3-2-4-6-13/h2-11H,1H3,(H,19,20,23). The molecule has 0 bridgehead atoms. The molecule has 0 aliphatic carbocycles. The smallest absolute Gasteiger partial charge is 0.277 e. The van der Waals surface area contributed by atoms with Crippen molar-refractivity contribution in [3.63, 3.8) is 0 Å². The Morgan fingerprint density at radius 1 is 1.12 bits per heavy atom. The van der Waals surface area contributed by atoms with Crippen molar-refractivity contribution < 1.29 is 4.79 Å². The number of para-hydroxylation sites is 1. The first-order valence-electron chi connectivity index (χ1n) is 7.64. The highest BCUT2D eigenvalue weighted by molar-refractivity contribution is 7.17. The molecule has 4 rings (SSSR count). The fourth-order valence-electron chi connectivity index (χ4n) is 2.35. The summed E-state index contributed by atoms with van der Waals surface area (Å²) in [5.41, 5.74) is 2.15. The molecule has 0 spiro atoms. The van der Waals surface area contributed by atoms with Crippen molar-refractivity contribution in [2.45, 2.75) is 6.92 Å². The highest BCUT2D eigenvalue weighted by Crippen LogP contribution is 2.30. The number of benzene rings is 1. The second kappa shape index (κ2) is 6.62. The van der Waals surface area contributed by atoms with Gasteiger partial charge in [-0.05, 0) is 37.3 Å². The molecular weight excluding hydrogens is 352 g/mol. The number of carbonyl (C=O) groups is 1. The van der Waals surface area contributed by atoms with E-state index >= 15 is 0 Å². The third kappa shape index (κ3) is 3.38. The van der Waals surface area contributed by atoms with Gasteiger partial charge in [-0.2, -0.15) is 5.10 Å². The lowest BCUT2D eigenvalue weighted by molar-refractivity contribution is 0.102. The van der Waals surface area contributed by atoms with Crippen molar-refractivity contribution >= 4 is 33.7 Å². The van der Waals surface area contributed by atoms with E-state index in [2.05, 4.69) is 28.4 Å². The molecule has 1 aromatic carbocycles. The highest BCUT2D eigenvalue weighted by atomic mass is 32.1. The molecule has 7 heteroatoms. The number of hydrogen-bond donors (Lipinski definition) is 1. The number of hydrogen-bond acceptors (Lipinski definition) is 5. The summed E-state index contributed by atoms with van der Waals surface area (Å²) < 4.78 is 1.68. The summed E-state index contributed by atoms with van der Waals surface area (Å²) in [4.78, 5) is 19.2. The first-order valence-corrected chi connectivity index (χ1v) is 9.33. The number of nitrogens with zero attached hydrogens (tertiary/aromatic N) is 3. The van der Waals surface area contributed by atoms with Crippen LogP contribution in [0.3, 0.4) is 0 Å². The zero-order valence-corrected chi connectivity index (χ0v) is 15.0. The predicted octanol–water partition coefficient (Wildman–Crippen LogP) is 4.62. The number of anilines is 1. The van der Waals surface area contributed by atoms with E-state index in [1.165, 1.54) is 16.2 Å². The molecule has 124 valence electrons. The van der Waals surface area contributed by atoms with Gasteiger partial charge in [0.25, 0.3) is 5.91 Å². The van der Waals surface area contributed by atoms with E-state index in [0.29, 0.717) is 10.8 Å². The van der Waals surface area contributed by atoms with Crippen LogP contribution in [0.2, 0.25) is 0 Å². The second-order valence-corrected chi connectivity index (χ2v) is 7.53.